The third-order valence-corrected chi connectivity index (χ3v) is 2.37. The second-order valence-electron chi connectivity index (χ2n) is 3.46. The SMILES string of the molecule is NC(=O)c1ccc(O)c(-c2ccccc2)c1. The van der Waals surface area contributed by atoms with Gasteiger partial charge in [-0.15, -0.1) is 0 Å². The Morgan fingerprint density at radius 1 is 1.06 bits per heavy atom. The third-order valence-electron chi connectivity index (χ3n) is 2.37. The monoisotopic (exact) mass is 213 g/mol. The lowest BCUT2D eigenvalue weighted by molar-refractivity contribution is 0.100. The van der Waals surface area contributed by atoms with Gasteiger partial charge in [-0.1, -0.05) is 30.3 Å². The predicted octanol–water partition coefficient (Wildman–Crippen LogP) is 2.16. The first-order valence-corrected chi connectivity index (χ1v) is 4.87. The van der Waals surface area contributed by atoms with Gasteiger partial charge in [0.05, 0.1) is 0 Å². The van der Waals surface area contributed by atoms with Gasteiger partial charge in [-0.25, -0.2) is 0 Å². The van der Waals surface area contributed by atoms with Gasteiger partial charge in [-0.3, -0.25) is 4.79 Å². The average Bonchev–Trinajstić information content (AvgIpc) is 2.30. The summed E-state index contributed by atoms with van der Waals surface area (Å²) in [6.07, 6.45) is 0. The minimum atomic E-state index is -0.503. The van der Waals surface area contributed by atoms with Crippen LogP contribution in [0.1, 0.15) is 10.4 Å². The minimum absolute atomic E-state index is 0.135. The number of nitrogens with two attached hydrogens (primary N) is 1. The van der Waals surface area contributed by atoms with E-state index < -0.39 is 5.91 Å². The Bertz CT molecular complexity index is 521. The molecule has 0 heterocycles. The molecule has 2 rings (SSSR count). The molecule has 0 radical (unpaired) electrons. The van der Waals surface area contributed by atoms with Crippen molar-refractivity contribution in [3.63, 3.8) is 0 Å². The molecule has 0 fully saturated rings. The van der Waals surface area contributed by atoms with Gasteiger partial charge < -0.3 is 10.8 Å². The molecule has 16 heavy (non-hydrogen) atoms. The zero-order chi connectivity index (χ0) is 11.5. The summed E-state index contributed by atoms with van der Waals surface area (Å²) in [6, 6.07) is 13.9. The molecular weight excluding hydrogens is 202 g/mol. The normalized spacial score (nSPS) is 10.0. The molecule has 0 aliphatic rings. The van der Waals surface area contributed by atoms with Crippen LogP contribution < -0.4 is 5.73 Å². The molecule has 3 heteroatoms. The van der Waals surface area contributed by atoms with Crippen molar-refractivity contribution >= 4 is 5.91 Å². The van der Waals surface area contributed by atoms with Crippen molar-refractivity contribution < 1.29 is 9.90 Å². The molecule has 0 saturated heterocycles. The maximum atomic E-state index is 11.0. The van der Waals surface area contributed by atoms with Crippen molar-refractivity contribution in [2.75, 3.05) is 0 Å². The standard InChI is InChI=1S/C13H11NO2/c14-13(16)10-6-7-12(15)11(8-10)9-4-2-1-3-5-9/h1-8,15H,(H2,14,16). The molecule has 0 unspecified atom stereocenters. The Morgan fingerprint density at radius 3 is 2.38 bits per heavy atom. The van der Waals surface area contributed by atoms with Gasteiger partial charge in [0.1, 0.15) is 5.75 Å². The molecule has 0 spiro atoms. The Kier molecular flexibility index (Phi) is 2.60. The second kappa shape index (κ2) is 4.06. The van der Waals surface area contributed by atoms with Gasteiger partial charge in [0, 0.05) is 11.1 Å². The van der Waals surface area contributed by atoms with Crippen molar-refractivity contribution in [3.8, 4) is 16.9 Å². The molecule has 0 bridgehead atoms. The van der Waals surface area contributed by atoms with Crippen LogP contribution in [0.25, 0.3) is 11.1 Å². The number of primary amides is 1. The lowest BCUT2D eigenvalue weighted by Gasteiger charge is -2.06. The second-order valence-corrected chi connectivity index (χ2v) is 3.46. The fraction of sp³-hybridized carbons (Fsp3) is 0. The number of aromatic hydroxyl groups is 1. The van der Waals surface area contributed by atoms with Crippen LogP contribution in [0.2, 0.25) is 0 Å². The van der Waals surface area contributed by atoms with E-state index in [9.17, 15) is 9.90 Å². The first-order valence-electron chi connectivity index (χ1n) is 4.87. The van der Waals surface area contributed by atoms with Gasteiger partial charge in [-0.2, -0.15) is 0 Å². The van der Waals surface area contributed by atoms with E-state index in [1.54, 1.807) is 6.07 Å². The van der Waals surface area contributed by atoms with Gasteiger partial charge in [0.15, 0.2) is 0 Å². The Morgan fingerprint density at radius 2 is 1.75 bits per heavy atom. The zero-order valence-electron chi connectivity index (χ0n) is 8.55. The van der Waals surface area contributed by atoms with Crippen LogP contribution in [0.5, 0.6) is 5.75 Å². The topological polar surface area (TPSA) is 63.3 Å². The van der Waals surface area contributed by atoms with Crippen LogP contribution in [0.4, 0.5) is 0 Å². The number of hydrogen-bond acceptors (Lipinski definition) is 2. The Hall–Kier alpha value is -2.29. The van der Waals surface area contributed by atoms with E-state index in [0.717, 1.165) is 5.56 Å². The maximum absolute atomic E-state index is 11.0. The highest BCUT2D eigenvalue weighted by Gasteiger charge is 2.07. The number of phenolic OH excluding ortho intramolecular Hbond substituents is 1. The highest BCUT2D eigenvalue weighted by molar-refractivity contribution is 5.94. The highest BCUT2D eigenvalue weighted by Crippen LogP contribution is 2.29. The van der Waals surface area contributed by atoms with Crippen molar-refractivity contribution in [2.45, 2.75) is 0 Å². The largest absolute Gasteiger partial charge is 0.507 e. The minimum Gasteiger partial charge on any atom is -0.507 e. The number of rotatable bonds is 2. The number of carbonyl (C=O) groups excluding carboxylic acids is 1. The van der Waals surface area contributed by atoms with E-state index in [4.69, 9.17) is 5.73 Å². The van der Waals surface area contributed by atoms with Crippen molar-refractivity contribution in [1.82, 2.24) is 0 Å². The van der Waals surface area contributed by atoms with E-state index in [1.807, 2.05) is 30.3 Å². The van der Waals surface area contributed by atoms with Crippen molar-refractivity contribution in [2.24, 2.45) is 5.73 Å². The number of benzene rings is 2. The molecule has 0 atom stereocenters. The molecule has 3 nitrogen and oxygen atoms in total. The Labute approximate surface area is 93.1 Å². The van der Waals surface area contributed by atoms with Crippen LogP contribution in [0.15, 0.2) is 48.5 Å². The summed E-state index contributed by atoms with van der Waals surface area (Å²) in [5.41, 5.74) is 7.03. The quantitative estimate of drug-likeness (QED) is 0.802. The maximum Gasteiger partial charge on any atom is 0.248 e. The zero-order valence-corrected chi connectivity index (χ0v) is 8.55. The lowest BCUT2D eigenvalue weighted by atomic mass is 10.0. The van der Waals surface area contributed by atoms with Gasteiger partial charge in [0.25, 0.3) is 0 Å². The van der Waals surface area contributed by atoms with Crippen molar-refractivity contribution in [1.29, 1.82) is 0 Å². The van der Waals surface area contributed by atoms with E-state index in [-0.39, 0.29) is 5.75 Å². The molecule has 0 saturated carbocycles. The summed E-state index contributed by atoms with van der Waals surface area (Å²) < 4.78 is 0. The number of hydrogen-bond donors (Lipinski definition) is 2. The third kappa shape index (κ3) is 1.88. The van der Waals surface area contributed by atoms with E-state index in [2.05, 4.69) is 0 Å². The molecule has 0 aliphatic heterocycles. The van der Waals surface area contributed by atoms with Crippen LogP contribution in [-0.4, -0.2) is 11.0 Å². The van der Waals surface area contributed by atoms with Gasteiger partial charge in [0.2, 0.25) is 5.91 Å². The van der Waals surface area contributed by atoms with Crippen LogP contribution in [-0.2, 0) is 0 Å². The summed E-state index contributed by atoms with van der Waals surface area (Å²) >= 11 is 0. The summed E-state index contributed by atoms with van der Waals surface area (Å²) in [6.45, 7) is 0. The summed E-state index contributed by atoms with van der Waals surface area (Å²) in [5, 5.41) is 9.72. The molecule has 80 valence electrons. The van der Waals surface area contributed by atoms with E-state index in [0.29, 0.717) is 11.1 Å². The Balaban J connectivity index is 2.56. The van der Waals surface area contributed by atoms with Crippen molar-refractivity contribution in [3.05, 3.63) is 54.1 Å². The first kappa shape index (κ1) is 10.2. The van der Waals surface area contributed by atoms with E-state index >= 15 is 0 Å². The molecule has 3 N–H and O–H groups in total. The molecule has 2 aromatic carbocycles. The smallest absolute Gasteiger partial charge is 0.248 e. The highest BCUT2D eigenvalue weighted by atomic mass is 16.3. The molecular formula is C13H11NO2. The van der Waals surface area contributed by atoms with Gasteiger partial charge >= 0.3 is 0 Å². The predicted molar refractivity (Wildman–Crippen MR) is 62.1 cm³/mol. The fourth-order valence-corrected chi connectivity index (χ4v) is 1.54. The summed E-state index contributed by atoms with van der Waals surface area (Å²) in [5.74, 6) is -0.367. The van der Waals surface area contributed by atoms with Gasteiger partial charge in [-0.05, 0) is 23.8 Å². The average molecular weight is 213 g/mol. The number of carbonyl (C=O) groups is 1. The fourth-order valence-electron chi connectivity index (χ4n) is 1.54. The molecule has 0 aromatic heterocycles. The first-order chi connectivity index (χ1) is 7.68. The molecule has 1 amide bonds. The molecule has 2 aromatic rings. The molecule has 0 aliphatic carbocycles. The summed E-state index contributed by atoms with van der Waals surface area (Å²) in [4.78, 5) is 11.0. The number of amides is 1. The lowest BCUT2D eigenvalue weighted by Crippen LogP contribution is -2.10. The van der Waals surface area contributed by atoms with Crippen LogP contribution >= 0.6 is 0 Å². The summed E-state index contributed by atoms with van der Waals surface area (Å²) in [7, 11) is 0. The van der Waals surface area contributed by atoms with Crippen LogP contribution in [0, 0.1) is 0 Å². The number of phenols is 1. The van der Waals surface area contributed by atoms with E-state index in [1.165, 1.54) is 12.1 Å². The van der Waals surface area contributed by atoms with Crippen LogP contribution in [0.3, 0.4) is 0 Å².